The molecule has 54 heavy (non-hydrogen) atoms. The van der Waals surface area contributed by atoms with Gasteiger partial charge in [-0.2, -0.15) is 37.3 Å². The number of hydrogen-bond donors (Lipinski definition) is 7. The molecule has 0 unspecified atom stereocenters. The molecular weight excluding hydrogens is 751 g/mol. The van der Waals surface area contributed by atoms with E-state index in [1.807, 2.05) is 0 Å². The third kappa shape index (κ3) is 13.9. The van der Waals surface area contributed by atoms with Gasteiger partial charge in [-0.3, -0.25) is 14.0 Å². The fourth-order valence-corrected chi connectivity index (χ4v) is 5.41. The summed E-state index contributed by atoms with van der Waals surface area (Å²) < 4.78 is 74.4. The summed E-state index contributed by atoms with van der Waals surface area (Å²) in [6, 6.07) is 19.1. The molecule has 290 valence electrons. The first-order chi connectivity index (χ1) is 25.7. The lowest BCUT2D eigenvalue weighted by Crippen LogP contribution is -2.32. The molecule has 0 bridgehead atoms. The maximum atomic E-state index is 12.8. The Morgan fingerprint density at radius 1 is 0.593 bits per heavy atom. The Kier molecular flexibility index (Phi) is 16.5. The van der Waals surface area contributed by atoms with Gasteiger partial charge in [0.05, 0.1) is 78.0 Å². The number of amides is 2. The van der Waals surface area contributed by atoms with E-state index in [2.05, 4.69) is 31.1 Å². The first-order valence-corrected chi connectivity index (χ1v) is 18.6. The number of nitrogens with one attached hydrogen (secondary N) is 2. The lowest BCUT2D eigenvalue weighted by Gasteiger charge is -2.17. The second-order valence-electron chi connectivity index (χ2n) is 10.7. The number of hydrogen-bond acceptors (Lipinski definition) is 15. The summed E-state index contributed by atoms with van der Waals surface area (Å²) in [5.74, 6) is 0.508. The van der Waals surface area contributed by atoms with Crippen LogP contribution in [0.25, 0.3) is 0 Å². The van der Waals surface area contributed by atoms with Gasteiger partial charge >= 0.3 is 6.03 Å². The number of ether oxygens (including phenoxy) is 2. The molecule has 0 aliphatic carbocycles. The molecule has 4 aromatic carbocycles. The van der Waals surface area contributed by atoms with Crippen molar-refractivity contribution in [2.75, 3.05) is 64.3 Å². The minimum Gasteiger partial charge on any atom is -0.494 e. The number of azo groups is 2. The summed E-state index contributed by atoms with van der Waals surface area (Å²) in [5, 5.41) is 46.8. The molecule has 0 aliphatic heterocycles. The van der Waals surface area contributed by atoms with E-state index >= 15 is 0 Å². The molecule has 0 aliphatic rings. The van der Waals surface area contributed by atoms with E-state index in [1.54, 1.807) is 17.0 Å². The van der Waals surface area contributed by atoms with Crippen LogP contribution in [0.2, 0.25) is 0 Å². The highest BCUT2D eigenvalue weighted by molar-refractivity contribution is 7.86. The normalized spacial score (nSPS) is 11.7. The van der Waals surface area contributed by atoms with Crippen molar-refractivity contribution in [3.63, 3.8) is 0 Å². The zero-order valence-electron chi connectivity index (χ0n) is 29.0. The molecule has 0 fully saturated rings. The van der Waals surface area contributed by atoms with Crippen molar-refractivity contribution in [1.82, 2.24) is 4.90 Å². The number of carbonyl (C=O) groups is 1. The van der Waals surface area contributed by atoms with Crippen molar-refractivity contribution in [2.45, 2.75) is 9.79 Å². The number of aliphatic hydroxyl groups excluding tert-OH is 3. The predicted molar refractivity (Wildman–Crippen MR) is 197 cm³/mol. The van der Waals surface area contributed by atoms with Crippen molar-refractivity contribution in [3.05, 3.63) is 84.9 Å². The van der Waals surface area contributed by atoms with Crippen LogP contribution in [0.5, 0.6) is 11.5 Å². The van der Waals surface area contributed by atoms with Crippen molar-refractivity contribution in [2.24, 2.45) is 20.5 Å². The van der Waals surface area contributed by atoms with E-state index < -0.39 is 26.3 Å². The number of benzene rings is 4. The van der Waals surface area contributed by atoms with Gasteiger partial charge in [-0.1, -0.05) is 12.1 Å². The van der Waals surface area contributed by atoms with Crippen LogP contribution in [-0.2, 0) is 20.2 Å². The minimum atomic E-state index is -4.39. The van der Waals surface area contributed by atoms with Crippen LogP contribution < -0.4 is 20.1 Å². The topological polar surface area (TPSA) is 282 Å². The van der Waals surface area contributed by atoms with Gasteiger partial charge in [0.15, 0.2) is 0 Å². The molecule has 2 amide bonds. The lowest BCUT2D eigenvalue weighted by molar-refractivity contribution is 0.136. The number of rotatable bonds is 16. The molecule has 19 nitrogen and oxygen atoms in total. The van der Waals surface area contributed by atoms with Crippen LogP contribution >= 0.6 is 0 Å². The van der Waals surface area contributed by atoms with Crippen LogP contribution in [0.4, 0.5) is 38.9 Å². The Labute approximate surface area is 311 Å². The summed E-state index contributed by atoms with van der Waals surface area (Å²) in [5.41, 5.74) is 1.65. The first kappa shape index (κ1) is 43.0. The van der Waals surface area contributed by atoms with Crippen molar-refractivity contribution in [3.8, 4) is 11.5 Å². The SMILES string of the molecule is COc1cc(N=Nc2cccc(S(=O)(=O)O)c2)ccc1NC(=O)Nc1ccc(N=Nc2cccc(S(=O)(=O)O)c2)cc1OC.OCCN(CCO)CCO. The number of methoxy groups -OCH3 is 2. The molecule has 0 saturated heterocycles. The van der Waals surface area contributed by atoms with E-state index in [0.29, 0.717) is 42.4 Å². The number of anilines is 2. The van der Waals surface area contributed by atoms with E-state index in [9.17, 15) is 30.7 Å². The van der Waals surface area contributed by atoms with Crippen molar-refractivity contribution < 1.29 is 55.5 Å². The summed E-state index contributed by atoms with van der Waals surface area (Å²) in [6.45, 7) is 1.75. The summed E-state index contributed by atoms with van der Waals surface area (Å²) in [4.78, 5) is 13.9. The van der Waals surface area contributed by atoms with E-state index in [-0.39, 0.29) is 52.5 Å². The number of nitrogens with zero attached hydrogens (tertiary/aromatic N) is 5. The quantitative estimate of drug-likeness (QED) is 0.0586. The second-order valence-corrected chi connectivity index (χ2v) is 13.5. The molecule has 0 radical (unpaired) electrons. The molecule has 0 spiro atoms. The highest BCUT2D eigenvalue weighted by atomic mass is 32.2. The maximum absolute atomic E-state index is 12.8. The molecular formula is C33H39N7O12S2. The Balaban J connectivity index is 0.000000687. The van der Waals surface area contributed by atoms with Crippen LogP contribution in [0, 0.1) is 0 Å². The predicted octanol–water partition coefficient (Wildman–Crippen LogP) is 4.94. The second kappa shape index (κ2) is 20.7. The van der Waals surface area contributed by atoms with Crippen LogP contribution in [0.15, 0.2) is 115 Å². The highest BCUT2D eigenvalue weighted by Gasteiger charge is 2.14. The van der Waals surface area contributed by atoms with Gasteiger partial charge in [-0.05, 0) is 60.7 Å². The summed E-state index contributed by atoms with van der Waals surface area (Å²) in [7, 11) is -6.00. The molecule has 4 rings (SSSR count). The minimum absolute atomic E-state index is 0.0694. The molecule has 21 heteroatoms. The van der Waals surface area contributed by atoms with Crippen LogP contribution in [0.1, 0.15) is 0 Å². The van der Waals surface area contributed by atoms with Gasteiger partial charge in [0.1, 0.15) is 11.5 Å². The van der Waals surface area contributed by atoms with Gasteiger partial charge in [0.25, 0.3) is 20.2 Å². The van der Waals surface area contributed by atoms with E-state index in [0.717, 1.165) is 12.1 Å². The number of urea groups is 1. The smallest absolute Gasteiger partial charge is 0.323 e. The maximum Gasteiger partial charge on any atom is 0.323 e. The Morgan fingerprint density at radius 2 is 0.944 bits per heavy atom. The molecule has 4 aromatic rings. The van der Waals surface area contributed by atoms with Gasteiger partial charge in [-0.15, -0.1) is 0 Å². The van der Waals surface area contributed by atoms with Crippen molar-refractivity contribution >= 4 is 60.4 Å². The number of carbonyl (C=O) groups excluding carboxylic acids is 1. The summed E-state index contributed by atoms with van der Waals surface area (Å²) in [6.07, 6.45) is 0. The van der Waals surface area contributed by atoms with Gasteiger partial charge < -0.3 is 35.4 Å². The third-order valence-corrected chi connectivity index (χ3v) is 8.61. The summed E-state index contributed by atoms with van der Waals surface area (Å²) >= 11 is 0. The Morgan fingerprint density at radius 3 is 1.26 bits per heavy atom. The van der Waals surface area contributed by atoms with Gasteiger partial charge in [0, 0.05) is 31.8 Å². The van der Waals surface area contributed by atoms with Crippen LogP contribution in [0.3, 0.4) is 0 Å². The average molecular weight is 790 g/mol. The first-order valence-electron chi connectivity index (χ1n) is 15.7. The molecule has 7 N–H and O–H groups in total. The lowest BCUT2D eigenvalue weighted by atomic mass is 10.2. The van der Waals surface area contributed by atoms with Crippen molar-refractivity contribution in [1.29, 1.82) is 0 Å². The Bertz CT molecular complexity index is 2000. The zero-order valence-corrected chi connectivity index (χ0v) is 30.6. The third-order valence-electron chi connectivity index (χ3n) is 6.91. The molecule has 0 heterocycles. The molecule has 0 atom stereocenters. The van der Waals surface area contributed by atoms with E-state index in [1.165, 1.54) is 74.9 Å². The largest absolute Gasteiger partial charge is 0.494 e. The number of aliphatic hydroxyl groups is 3. The fourth-order valence-electron chi connectivity index (χ4n) is 4.37. The standard InChI is InChI=1S/C27H24N6O9S2.C6H15NO3/c1-41-25-15-19(32-30-17-5-3-7-21(13-17)43(35,36)37)9-11-23(25)28-27(34)29-24-12-10-20(16-26(24)42-2)33-31-18-6-4-8-22(14-18)44(38,39)40;8-4-1-7(2-5-9)3-6-10/h3-16H,1-2H3,(H2,28,29,34)(H,35,36,37)(H,38,39,40);8-10H,1-6H2. The molecule has 0 saturated carbocycles. The highest BCUT2D eigenvalue weighted by Crippen LogP contribution is 2.33. The monoisotopic (exact) mass is 789 g/mol. The van der Waals surface area contributed by atoms with E-state index in [4.69, 9.17) is 24.8 Å². The van der Waals surface area contributed by atoms with Crippen LogP contribution in [-0.4, -0.2) is 106 Å². The Hall–Kier alpha value is -5.39. The molecule has 0 aromatic heterocycles. The zero-order chi connectivity index (χ0) is 39.7. The van der Waals surface area contributed by atoms with Gasteiger partial charge in [-0.25, -0.2) is 4.79 Å². The fraction of sp³-hybridized carbons (Fsp3) is 0.242. The van der Waals surface area contributed by atoms with Gasteiger partial charge in [0.2, 0.25) is 0 Å². The average Bonchev–Trinajstić information content (AvgIpc) is 3.14.